The maximum Gasteiger partial charge on any atom is 0.240 e. The molecule has 3 rings (SSSR count). The largest absolute Gasteiger partial charge is 0.388 e. The first kappa shape index (κ1) is 14.4. The van der Waals surface area contributed by atoms with Gasteiger partial charge in [-0.15, -0.1) is 0 Å². The van der Waals surface area contributed by atoms with Crippen LogP contribution in [0.1, 0.15) is 37.9 Å². The number of rotatable bonds is 5. The molecular weight excluding hydrogens is 274 g/mol. The van der Waals surface area contributed by atoms with Crippen LogP contribution >= 0.6 is 11.8 Å². The minimum absolute atomic E-state index is 0.321. The molecule has 0 bridgehead atoms. The zero-order valence-electron chi connectivity index (χ0n) is 12.2. The predicted molar refractivity (Wildman–Crippen MR) is 78.2 cm³/mol. The highest BCUT2D eigenvalue weighted by Gasteiger charge is 2.49. The van der Waals surface area contributed by atoms with E-state index in [0.29, 0.717) is 24.3 Å². The van der Waals surface area contributed by atoms with Gasteiger partial charge >= 0.3 is 0 Å². The number of likely N-dealkylation sites (tertiary alicyclic amines) is 1. The zero-order valence-corrected chi connectivity index (χ0v) is 13.0. The Balaban J connectivity index is 1.61. The molecule has 2 heterocycles. The van der Waals surface area contributed by atoms with E-state index < -0.39 is 5.60 Å². The van der Waals surface area contributed by atoms with Crippen molar-refractivity contribution in [3.63, 3.8) is 0 Å². The van der Waals surface area contributed by atoms with Crippen molar-refractivity contribution in [1.29, 1.82) is 0 Å². The summed E-state index contributed by atoms with van der Waals surface area (Å²) >= 11 is 1.69. The number of aromatic nitrogens is 2. The van der Waals surface area contributed by atoms with Crippen molar-refractivity contribution in [3.8, 4) is 0 Å². The Hall–Kier alpha value is -0.590. The lowest BCUT2D eigenvalue weighted by molar-refractivity contribution is -0.0675. The van der Waals surface area contributed by atoms with Crippen LogP contribution in [0.4, 0.5) is 0 Å². The fourth-order valence-electron chi connectivity index (χ4n) is 3.42. The lowest BCUT2D eigenvalue weighted by Crippen LogP contribution is -2.47. The Kier molecular flexibility index (Phi) is 4.06. The molecule has 6 heteroatoms. The van der Waals surface area contributed by atoms with Gasteiger partial charge in [0.1, 0.15) is 0 Å². The molecule has 1 saturated carbocycles. The molecule has 20 heavy (non-hydrogen) atoms. The Bertz CT molecular complexity index is 463. The summed E-state index contributed by atoms with van der Waals surface area (Å²) in [5.74, 6) is 3.01. The highest BCUT2D eigenvalue weighted by molar-refractivity contribution is 7.97. The molecule has 1 aliphatic carbocycles. The van der Waals surface area contributed by atoms with Crippen LogP contribution in [-0.4, -0.2) is 45.1 Å². The number of hydrogen-bond donors (Lipinski definition) is 1. The smallest absolute Gasteiger partial charge is 0.240 e. The third-order valence-electron chi connectivity index (χ3n) is 4.82. The molecule has 1 aromatic heterocycles. The van der Waals surface area contributed by atoms with Gasteiger partial charge in [0.05, 0.1) is 17.9 Å². The Morgan fingerprint density at radius 1 is 1.50 bits per heavy atom. The maximum absolute atomic E-state index is 10.9. The summed E-state index contributed by atoms with van der Waals surface area (Å²) in [6.07, 6.45) is 5.64. The number of β-amino-alcohol motifs (C(OH)–C–C–N with tert-alkyl or cyclic N) is 1. The van der Waals surface area contributed by atoms with Crippen molar-refractivity contribution in [1.82, 2.24) is 15.0 Å². The van der Waals surface area contributed by atoms with Gasteiger partial charge in [0, 0.05) is 13.1 Å². The van der Waals surface area contributed by atoms with E-state index in [1.807, 2.05) is 6.26 Å². The molecule has 112 valence electrons. The van der Waals surface area contributed by atoms with Gasteiger partial charge in [-0.25, -0.2) is 0 Å². The first-order chi connectivity index (χ1) is 9.61. The SMILES string of the molecule is CSCc1noc(CN2C[C@@H](C)[C@](O)(C3CCC3)C2)n1. The standard InChI is InChI=1S/C14H23N3O2S/c1-10-6-17(9-14(10,18)11-4-3-5-11)7-13-15-12(8-20-2)16-19-13/h10-11,18H,3-9H2,1-2H3/t10-,14+/m1/s1. The van der Waals surface area contributed by atoms with Crippen LogP contribution < -0.4 is 0 Å². The van der Waals surface area contributed by atoms with Crippen molar-refractivity contribution in [2.45, 2.75) is 44.1 Å². The van der Waals surface area contributed by atoms with E-state index in [-0.39, 0.29) is 0 Å². The number of thioether (sulfide) groups is 1. The van der Waals surface area contributed by atoms with E-state index in [4.69, 9.17) is 4.52 Å². The molecule has 1 saturated heterocycles. The van der Waals surface area contributed by atoms with Gasteiger partial charge in [-0.05, 0) is 30.9 Å². The van der Waals surface area contributed by atoms with Crippen molar-refractivity contribution >= 4 is 11.8 Å². The molecule has 5 nitrogen and oxygen atoms in total. The van der Waals surface area contributed by atoms with Crippen LogP contribution in [0.5, 0.6) is 0 Å². The lowest BCUT2D eigenvalue weighted by atomic mass is 9.69. The van der Waals surface area contributed by atoms with E-state index in [9.17, 15) is 5.11 Å². The molecule has 2 aliphatic rings. The minimum atomic E-state index is -0.514. The van der Waals surface area contributed by atoms with Crippen LogP contribution in [0.3, 0.4) is 0 Å². The van der Waals surface area contributed by atoms with Crippen LogP contribution in [-0.2, 0) is 12.3 Å². The average Bonchev–Trinajstić information content (AvgIpc) is 2.84. The van der Waals surface area contributed by atoms with Crippen molar-refractivity contribution in [2.24, 2.45) is 11.8 Å². The first-order valence-electron chi connectivity index (χ1n) is 7.37. The summed E-state index contributed by atoms with van der Waals surface area (Å²) in [5, 5.41) is 14.9. The third-order valence-corrected chi connectivity index (χ3v) is 5.36. The van der Waals surface area contributed by atoms with E-state index in [0.717, 1.165) is 24.7 Å². The van der Waals surface area contributed by atoms with Crippen molar-refractivity contribution in [3.05, 3.63) is 11.7 Å². The van der Waals surface area contributed by atoms with E-state index in [2.05, 4.69) is 22.0 Å². The summed E-state index contributed by atoms with van der Waals surface area (Å²) in [6.45, 7) is 4.46. The van der Waals surface area contributed by atoms with Gasteiger partial charge in [-0.1, -0.05) is 18.5 Å². The van der Waals surface area contributed by atoms with Gasteiger partial charge in [0.2, 0.25) is 5.89 Å². The van der Waals surface area contributed by atoms with Crippen LogP contribution in [0, 0.1) is 11.8 Å². The molecule has 0 aromatic carbocycles. The van der Waals surface area contributed by atoms with E-state index in [1.165, 1.54) is 19.3 Å². The summed E-state index contributed by atoms with van der Waals surface area (Å²) in [4.78, 5) is 6.64. The van der Waals surface area contributed by atoms with Crippen molar-refractivity contribution in [2.75, 3.05) is 19.3 Å². The molecule has 0 spiro atoms. The fraction of sp³-hybridized carbons (Fsp3) is 0.857. The second-order valence-corrected chi connectivity index (χ2v) is 7.09. The molecule has 0 unspecified atom stereocenters. The second kappa shape index (κ2) is 5.66. The van der Waals surface area contributed by atoms with Gasteiger partial charge < -0.3 is 9.63 Å². The monoisotopic (exact) mass is 297 g/mol. The normalized spacial score (nSPS) is 31.6. The molecule has 0 amide bonds. The van der Waals surface area contributed by atoms with Gasteiger partial charge in [-0.3, -0.25) is 4.90 Å². The maximum atomic E-state index is 10.9. The highest BCUT2D eigenvalue weighted by Crippen LogP contribution is 2.44. The predicted octanol–water partition coefficient (Wildman–Crippen LogP) is 1.92. The lowest BCUT2D eigenvalue weighted by Gasteiger charge is -2.41. The molecular formula is C14H23N3O2S. The third kappa shape index (κ3) is 2.61. The Labute approximate surface area is 124 Å². The number of aliphatic hydroxyl groups is 1. The van der Waals surface area contributed by atoms with E-state index >= 15 is 0 Å². The molecule has 0 radical (unpaired) electrons. The average molecular weight is 297 g/mol. The summed E-state index contributed by atoms with van der Waals surface area (Å²) in [7, 11) is 0. The Morgan fingerprint density at radius 3 is 2.95 bits per heavy atom. The van der Waals surface area contributed by atoms with Crippen LogP contribution in [0.25, 0.3) is 0 Å². The number of nitrogens with zero attached hydrogens (tertiary/aromatic N) is 3. The second-order valence-electron chi connectivity index (χ2n) is 6.23. The molecule has 2 fully saturated rings. The zero-order chi connectivity index (χ0) is 14.2. The van der Waals surface area contributed by atoms with Gasteiger partial charge in [-0.2, -0.15) is 16.7 Å². The van der Waals surface area contributed by atoms with E-state index in [1.54, 1.807) is 11.8 Å². The number of hydrogen-bond acceptors (Lipinski definition) is 6. The topological polar surface area (TPSA) is 62.4 Å². The summed E-state index contributed by atoms with van der Waals surface area (Å²) in [6, 6.07) is 0. The quantitative estimate of drug-likeness (QED) is 0.896. The van der Waals surface area contributed by atoms with Crippen molar-refractivity contribution < 1.29 is 9.63 Å². The van der Waals surface area contributed by atoms with Gasteiger partial charge in [0.25, 0.3) is 0 Å². The molecule has 1 N–H and O–H groups in total. The minimum Gasteiger partial charge on any atom is -0.388 e. The molecule has 1 aromatic rings. The van der Waals surface area contributed by atoms with Gasteiger partial charge in [0.15, 0.2) is 5.82 Å². The van der Waals surface area contributed by atoms with Crippen LogP contribution in [0.15, 0.2) is 4.52 Å². The Morgan fingerprint density at radius 2 is 2.30 bits per heavy atom. The van der Waals surface area contributed by atoms with Crippen LogP contribution in [0.2, 0.25) is 0 Å². The summed E-state index contributed by atoms with van der Waals surface area (Å²) in [5.41, 5.74) is -0.514. The first-order valence-corrected chi connectivity index (χ1v) is 8.76. The molecule has 2 atom stereocenters. The highest BCUT2D eigenvalue weighted by atomic mass is 32.2. The molecule has 1 aliphatic heterocycles. The summed E-state index contributed by atoms with van der Waals surface area (Å²) < 4.78 is 5.29. The fourth-order valence-corrected chi connectivity index (χ4v) is 3.79.